The highest BCUT2D eigenvalue weighted by Gasteiger charge is 2.50. The summed E-state index contributed by atoms with van der Waals surface area (Å²) in [4.78, 5) is 116. The van der Waals surface area contributed by atoms with E-state index in [0.29, 0.717) is 59.3 Å². The minimum absolute atomic E-state index is 0.00844. The summed E-state index contributed by atoms with van der Waals surface area (Å²) in [6.07, 6.45) is 2.11. The number of carbonyl (C=O) groups excluding carboxylic acids is 7. The molecule has 7 rings (SSSR count). The first-order chi connectivity index (χ1) is 32.5. The van der Waals surface area contributed by atoms with Crippen molar-refractivity contribution in [2.24, 2.45) is 5.41 Å². The summed E-state index contributed by atoms with van der Waals surface area (Å²) in [5, 5.41) is 8.13. The largest absolute Gasteiger partial charge is 0.399 e. The van der Waals surface area contributed by atoms with Gasteiger partial charge in [-0.25, -0.2) is 0 Å². The third-order valence-corrected chi connectivity index (χ3v) is 14.9. The second kappa shape index (κ2) is 20.6. The summed E-state index contributed by atoms with van der Waals surface area (Å²) in [7, 11) is -5.83. The molecule has 3 aliphatic rings. The minimum Gasteiger partial charge on any atom is -0.356 e. The van der Waals surface area contributed by atoms with Gasteiger partial charge in [0, 0.05) is 77.0 Å². The Balaban J connectivity index is 0.965. The van der Waals surface area contributed by atoms with Crippen molar-refractivity contribution in [2.75, 3.05) is 24.5 Å². The van der Waals surface area contributed by atoms with Crippen LogP contribution in [0.5, 0.6) is 0 Å². The number of nitrogens with one attached hydrogen (secondary N) is 3. The van der Waals surface area contributed by atoms with Gasteiger partial charge in [-0.1, -0.05) is 60.7 Å². The van der Waals surface area contributed by atoms with Crippen LogP contribution in [0.15, 0.2) is 71.2 Å². The topological polar surface area (TPSA) is 223 Å². The van der Waals surface area contributed by atoms with Crippen LogP contribution in [0, 0.1) is 17.3 Å². The highest BCUT2D eigenvalue weighted by atomic mass is 79.9. The SMILES string of the molecule is CC(C)(C)[C@H](NC(=O)c1cc2cc(C(F)(F)P(=O)(O)O)ccc2s1)C(=O)N1CCC[C@H]1C(=O)N(CCC(=O)NCCCC#Cc1cccc2c1CN(C1CCC(=O)NC1=O)C2=O)c1ccc(Br)cc1. The van der Waals surface area contributed by atoms with Crippen molar-refractivity contribution in [3.8, 4) is 11.8 Å². The summed E-state index contributed by atoms with van der Waals surface area (Å²) < 4.78 is 41.6. The van der Waals surface area contributed by atoms with Crippen LogP contribution in [-0.4, -0.2) is 98.7 Å². The van der Waals surface area contributed by atoms with E-state index in [4.69, 9.17) is 0 Å². The molecule has 5 N–H and O–H groups in total. The summed E-state index contributed by atoms with van der Waals surface area (Å²) in [5.74, 6) is 3.18. The Labute approximate surface area is 408 Å². The second-order valence-corrected chi connectivity index (χ2v) is 21.8. The molecule has 1 aromatic heterocycles. The van der Waals surface area contributed by atoms with Gasteiger partial charge in [-0.05, 0) is 96.6 Å². The van der Waals surface area contributed by atoms with Crippen LogP contribution in [0.4, 0.5) is 14.5 Å². The molecular formula is C48H50BrF2N6O10PS. The molecule has 4 heterocycles. The van der Waals surface area contributed by atoms with Gasteiger partial charge in [0.15, 0.2) is 0 Å². The van der Waals surface area contributed by atoms with E-state index in [0.717, 1.165) is 27.9 Å². The fourth-order valence-corrected chi connectivity index (χ4v) is 10.2. The quantitative estimate of drug-likeness (QED) is 0.0419. The summed E-state index contributed by atoms with van der Waals surface area (Å²) >= 11 is 4.38. The van der Waals surface area contributed by atoms with Crippen LogP contribution in [0.3, 0.4) is 0 Å². The van der Waals surface area contributed by atoms with Crippen molar-refractivity contribution < 1.29 is 56.7 Å². The van der Waals surface area contributed by atoms with E-state index in [9.17, 15) is 56.7 Å². The Bertz CT molecular complexity index is 2840. The number of thiophene rings is 1. The first kappa shape index (κ1) is 51.0. The van der Waals surface area contributed by atoms with Gasteiger partial charge in [0.25, 0.3) is 11.8 Å². The van der Waals surface area contributed by atoms with Crippen molar-refractivity contribution >= 4 is 92.0 Å². The number of amides is 7. The predicted molar refractivity (Wildman–Crippen MR) is 256 cm³/mol. The van der Waals surface area contributed by atoms with Crippen molar-refractivity contribution in [3.63, 3.8) is 0 Å². The normalized spacial score (nSPS) is 17.8. The lowest BCUT2D eigenvalue weighted by Crippen LogP contribution is -2.58. The number of hydrogen-bond acceptors (Lipinski definition) is 9. The standard InChI is InChI=1S/C48H50BrF2N6O10PS/c1-47(2,3)41(54-43(61)38-26-29-25-30(13-19-37(29)69-38)48(50,51)68(65,66)67)46(64)56-23-8-12-36(56)45(63)55(32-16-14-31(49)15-17-32)24-21-39(58)52-22-6-4-5-9-28-10-7-11-33-34(28)27-57(44(33)62)35-18-20-40(59)53-42(35)60/h7,10-11,13-17,19,25-26,35-36,41H,4,6,8,12,18,20-24,27H2,1-3H3,(H,52,58)(H,54,61)(H,53,59,60)(H2,65,66,67)/t35?,36-,41+/m0/s1. The van der Waals surface area contributed by atoms with E-state index in [-0.39, 0.29) is 66.9 Å². The fraction of sp³-hybridized carbons (Fsp3) is 0.396. The van der Waals surface area contributed by atoms with Crippen molar-refractivity contribution in [3.05, 3.63) is 98.3 Å². The van der Waals surface area contributed by atoms with Crippen LogP contribution in [0.25, 0.3) is 10.1 Å². The molecule has 69 heavy (non-hydrogen) atoms. The maximum absolute atomic E-state index is 14.5. The Morgan fingerprint density at radius 3 is 2.46 bits per heavy atom. The lowest BCUT2D eigenvalue weighted by atomic mass is 9.85. The number of benzene rings is 3. The van der Waals surface area contributed by atoms with Crippen molar-refractivity contribution in [1.82, 2.24) is 25.8 Å². The van der Waals surface area contributed by atoms with Crippen molar-refractivity contribution in [2.45, 2.75) is 96.1 Å². The highest BCUT2D eigenvalue weighted by molar-refractivity contribution is 9.10. The average molecular weight is 1050 g/mol. The molecule has 0 radical (unpaired) electrons. The molecule has 1 unspecified atom stereocenters. The zero-order valence-corrected chi connectivity index (χ0v) is 41.1. The highest BCUT2D eigenvalue weighted by Crippen LogP contribution is 2.59. The number of carbonyl (C=O) groups is 7. The van der Waals surface area contributed by atoms with Gasteiger partial charge in [0.1, 0.15) is 18.1 Å². The lowest BCUT2D eigenvalue weighted by Gasteiger charge is -2.36. The Morgan fingerprint density at radius 1 is 1.03 bits per heavy atom. The number of piperidine rings is 1. The second-order valence-electron chi connectivity index (χ2n) is 18.1. The molecule has 2 fully saturated rings. The Morgan fingerprint density at radius 2 is 1.77 bits per heavy atom. The van der Waals surface area contributed by atoms with Crippen LogP contribution < -0.4 is 20.9 Å². The number of hydrogen-bond donors (Lipinski definition) is 5. The van der Waals surface area contributed by atoms with E-state index in [1.54, 1.807) is 63.2 Å². The molecule has 7 amide bonds. The van der Waals surface area contributed by atoms with Gasteiger partial charge in [-0.15, -0.1) is 11.3 Å². The molecule has 364 valence electrons. The lowest BCUT2D eigenvalue weighted by molar-refractivity contribution is -0.141. The number of likely N-dealkylation sites (tertiary alicyclic amines) is 1. The maximum Gasteiger partial charge on any atom is 0.399 e. The molecule has 3 aromatic carbocycles. The van der Waals surface area contributed by atoms with Crippen LogP contribution >= 0.6 is 34.9 Å². The molecular weight excluding hydrogens is 1000 g/mol. The molecule has 2 saturated heterocycles. The van der Waals surface area contributed by atoms with Gasteiger partial charge >= 0.3 is 13.3 Å². The van der Waals surface area contributed by atoms with E-state index in [2.05, 4.69) is 43.7 Å². The molecule has 21 heteroatoms. The third-order valence-electron chi connectivity index (χ3n) is 12.2. The van der Waals surface area contributed by atoms with Gasteiger partial charge < -0.3 is 35.1 Å². The zero-order valence-electron chi connectivity index (χ0n) is 37.9. The molecule has 0 aliphatic carbocycles. The van der Waals surface area contributed by atoms with E-state index in [1.807, 2.05) is 0 Å². The zero-order chi connectivity index (χ0) is 50.0. The van der Waals surface area contributed by atoms with Gasteiger partial charge in [0.2, 0.25) is 29.5 Å². The van der Waals surface area contributed by atoms with Crippen LogP contribution in [0.1, 0.15) is 102 Å². The Kier molecular flexibility index (Phi) is 15.3. The Hall–Kier alpha value is -5.84. The summed E-state index contributed by atoms with van der Waals surface area (Å²) in [5.41, 5.74) is -3.87. The predicted octanol–water partition coefficient (Wildman–Crippen LogP) is 6.16. The molecule has 3 atom stereocenters. The summed E-state index contributed by atoms with van der Waals surface area (Å²) in [6.45, 7) is 5.97. The molecule has 0 bridgehead atoms. The molecule has 16 nitrogen and oxygen atoms in total. The number of rotatable bonds is 14. The van der Waals surface area contributed by atoms with Gasteiger partial charge in [-0.3, -0.25) is 43.4 Å². The van der Waals surface area contributed by atoms with Crippen molar-refractivity contribution in [1.29, 1.82) is 0 Å². The first-order valence-corrected chi connectivity index (χ1v) is 25.5. The minimum atomic E-state index is -5.83. The monoisotopic (exact) mass is 1050 g/mol. The number of unbranched alkanes of at least 4 members (excludes halogenated alkanes) is 1. The molecule has 0 spiro atoms. The van der Waals surface area contributed by atoms with Gasteiger partial charge in [-0.2, -0.15) is 8.78 Å². The summed E-state index contributed by atoms with van der Waals surface area (Å²) in [6, 6.07) is 13.8. The number of imide groups is 1. The smallest absolute Gasteiger partial charge is 0.356 e. The molecule has 0 saturated carbocycles. The molecule has 4 aromatic rings. The fourth-order valence-electron chi connectivity index (χ4n) is 8.55. The van der Waals surface area contributed by atoms with Gasteiger partial charge in [0.05, 0.1) is 4.88 Å². The van der Waals surface area contributed by atoms with E-state index < -0.39 is 66.0 Å². The number of alkyl halides is 2. The number of halogens is 3. The van der Waals surface area contributed by atoms with Crippen LogP contribution in [-0.2, 0) is 40.7 Å². The maximum atomic E-state index is 14.5. The third kappa shape index (κ3) is 11.3. The number of fused-ring (bicyclic) bond motifs is 2. The average Bonchev–Trinajstić information content (AvgIpc) is 4.04. The van der Waals surface area contributed by atoms with E-state index >= 15 is 0 Å². The first-order valence-electron chi connectivity index (χ1n) is 22.2. The van der Waals surface area contributed by atoms with Crippen LogP contribution in [0.2, 0.25) is 0 Å². The van der Waals surface area contributed by atoms with E-state index in [1.165, 1.54) is 26.8 Å². The number of anilines is 1. The number of nitrogens with zero attached hydrogens (tertiary/aromatic N) is 3. The molecule has 3 aliphatic heterocycles.